The Bertz CT molecular complexity index is 1260. The Kier molecular flexibility index (Phi) is 4.44. The molecule has 1 aliphatic carbocycles. The summed E-state index contributed by atoms with van der Waals surface area (Å²) in [4.78, 5) is 13.3. The lowest BCUT2D eigenvalue weighted by molar-refractivity contribution is -0.117. The minimum Gasteiger partial charge on any atom is -0.469 e. The molecule has 3 heterocycles. The van der Waals surface area contributed by atoms with E-state index in [0.29, 0.717) is 40.3 Å². The number of nitrogens with zero attached hydrogens (tertiary/aromatic N) is 2. The molecule has 3 aromatic rings. The first kappa shape index (κ1) is 18.9. The quantitative estimate of drug-likeness (QED) is 0.666. The molecular weight excluding hydrogens is 399 g/mol. The van der Waals surface area contributed by atoms with Gasteiger partial charge in [0.2, 0.25) is 5.88 Å². The lowest BCUT2D eigenvalue weighted by Crippen LogP contribution is -2.29. The zero-order chi connectivity index (χ0) is 21.5. The molecule has 2 aromatic heterocycles. The largest absolute Gasteiger partial charge is 0.469 e. The summed E-state index contributed by atoms with van der Waals surface area (Å²) in [6.07, 6.45) is 3.79. The van der Waals surface area contributed by atoms with Crippen molar-refractivity contribution in [2.75, 3.05) is 0 Å². The SMILES string of the molecule is N#CC1=C(N)OC2=C(C(=O)C[C@H](c3ccco3)C2)[C@@H]1c1cn[nH]c1-c1ccc(F)cc1. The van der Waals surface area contributed by atoms with Crippen LogP contribution in [-0.2, 0) is 9.53 Å². The highest BCUT2D eigenvalue weighted by Gasteiger charge is 2.42. The molecule has 7 nitrogen and oxygen atoms in total. The van der Waals surface area contributed by atoms with Crippen molar-refractivity contribution < 1.29 is 18.3 Å². The lowest BCUT2D eigenvalue weighted by Gasteiger charge is -2.33. The fraction of sp³-hybridized carbons (Fsp3) is 0.174. The van der Waals surface area contributed by atoms with E-state index in [1.165, 1.54) is 12.1 Å². The summed E-state index contributed by atoms with van der Waals surface area (Å²) >= 11 is 0. The van der Waals surface area contributed by atoms with Gasteiger partial charge in [-0.05, 0) is 36.4 Å². The van der Waals surface area contributed by atoms with Gasteiger partial charge in [0.15, 0.2) is 5.78 Å². The van der Waals surface area contributed by atoms with Gasteiger partial charge in [-0.3, -0.25) is 9.89 Å². The van der Waals surface area contributed by atoms with Crippen molar-refractivity contribution in [3.63, 3.8) is 0 Å². The van der Waals surface area contributed by atoms with Crippen LogP contribution in [-0.4, -0.2) is 16.0 Å². The molecule has 0 fully saturated rings. The summed E-state index contributed by atoms with van der Waals surface area (Å²) in [5.74, 6) is -0.301. The molecule has 154 valence electrons. The first-order chi connectivity index (χ1) is 15.1. The van der Waals surface area contributed by atoms with Crippen molar-refractivity contribution in [2.45, 2.75) is 24.7 Å². The molecule has 0 radical (unpaired) electrons. The van der Waals surface area contributed by atoms with Gasteiger partial charge in [0, 0.05) is 35.5 Å². The standard InChI is InChI=1S/C23H17FN4O3/c24-14-5-3-12(4-6-14)22-16(11-27-28-22)20-15(10-25)23(26)31-19-9-13(8-17(29)21(19)20)18-2-1-7-30-18/h1-7,11,13,20H,8-9,26H2,(H,27,28)/t13-,20-/m0/s1. The van der Waals surface area contributed by atoms with Gasteiger partial charge >= 0.3 is 0 Å². The first-order valence-electron chi connectivity index (χ1n) is 9.73. The van der Waals surface area contributed by atoms with Gasteiger partial charge in [-0.2, -0.15) is 10.4 Å². The maximum Gasteiger partial charge on any atom is 0.205 e. The average molecular weight is 416 g/mol. The third-order valence-electron chi connectivity index (χ3n) is 5.72. The number of furan rings is 1. The second kappa shape index (κ2) is 7.29. The van der Waals surface area contributed by atoms with Gasteiger partial charge in [-0.15, -0.1) is 0 Å². The van der Waals surface area contributed by atoms with E-state index in [2.05, 4.69) is 16.3 Å². The Morgan fingerprint density at radius 1 is 1.23 bits per heavy atom. The van der Waals surface area contributed by atoms with Gasteiger partial charge in [0.1, 0.15) is 29.0 Å². The maximum atomic E-state index is 13.4. The average Bonchev–Trinajstić information content (AvgIpc) is 3.45. The number of carbonyl (C=O) groups excluding carboxylic acids is 1. The predicted octanol–water partition coefficient (Wildman–Crippen LogP) is 4.02. The molecule has 0 unspecified atom stereocenters. The Morgan fingerprint density at radius 2 is 2.03 bits per heavy atom. The number of ketones is 1. The molecular formula is C23H17FN4O3. The van der Waals surface area contributed by atoms with E-state index in [-0.39, 0.29) is 35.4 Å². The van der Waals surface area contributed by atoms with Gasteiger partial charge < -0.3 is 14.9 Å². The van der Waals surface area contributed by atoms with E-state index in [4.69, 9.17) is 14.9 Å². The number of halogens is 1. The molecule has 3 N–H and O–H groups in total. The molecule has 31 heavy (non-hydrogen) atoms. The van der Waals surface area contributed by atoms with E-state index in [9.17, 15) is 14.4 Å². The van der Waals surface area contributed by atoms with Crippen molar-refractivity contribution in [1.82, 2.24) is 10.2 Å². The second-order valence-corrected chi connectivity index (χ2v) is 7.51. The summed E-state index contributed by atoms with van der Waals surface area (Å²) in [6, 6.07) is 11.6. The Morgan fingerprint density at radius 3 is 2.74 bits per heavy atom. The zero-order valence-electron chi connectivity index (χ0n) is 16.3. The lowest BCUT2D eigenvalue weighted by atomic mass is 9.74. The molecule has 5 rings (SSSR count). The van der Waals surface area contributed by atoms with Crippen LogP contribution in [0.1, 0.15) is 36.0 Å². The van der Waals surface area contributed by atoms with E-state index in [1.54, 1.807) is 30.7 Å². The fourth-order valence-electron chi connectivity index (χ4n) is 4.31. The molecule has 0 saturated heterocycles. The topological polar surface area (TPSA) is 118 Å². The van der Waals surface area contributed by atoms with Crippen LogP contribution in [0.3, 0.4) is 0 Å². The number of carbonyl (C=O) groups is 1. The Hall–Kier alpha value is -4.12. The van der Waals surface area contributed by atoms with Crippen LogP contribution >= 0.6 is 0 Å². The number of H-pyrrole nitrogens is 1. The van der Waals surface area contributed by atoms with Crippen LogP contribution < -0.4 is 5.73 Å². The fourth-order valence-corrected chi connectivity index (χ4v) is 4.31. The normalized spacial score (nSPS) is 21.0. The summed E-state index contributed by atoms with van der Waals surface area (Å²) in [5, 5.41) is 16.8. The first-order valence-corrected chi connectivity index (χ1v) is 9.73. The van der Waals surface area contributed by atoms with Crippen LogP contribution in [0.5, 0.6) is 0 Å². The number of Topliss-reactive ketones (excluding diaryl/α,β-unsaturated/α-hetero) is 1. The number of nitrogens with two attached hydrogens (primary N) is 1. The molecule has 8 heteroatoms. The summed E-state index contributed by atoms with van der Waals surface area (Å²) in [5.41, 5.74) is 8.51. The van der Waals surface area contributed by atoms with Crippen molar-refractivity contribution >= 4 is 5.78 Å². The number of allylic oxidation sites excluding steroid dienone is 3. The smallest absolute Gasteiger partial charge is 0.205 e. The third kappa shape index (κ3) is 3.11. The minimum atomic E-state index is -0.724. The Balaban J connectivity index is 1.63. The van der Waals surface area contributed by atoms with Crippen LogP contribution in [0.15, 0.2) is 76.1 Å². The number of hydrogen-bond donors (Lipinski definition) is 2. The molecule has 0 spiro atoms. The van der Waals surface area contributed by atoms with Crippen molar-refractivity contribution in [3.05, 3.63) is 88.8 Å². The monoisotopic (exact) mass is 416 g/mol. The van der Waals surface area contributed by atoms with Crippen molar-refractivity contribution in [3.8, 4) is 17.3 Å². The molecule has 2 aliphatic rings. The number of ether oxygens (including phenoxy) is 1. The number of benzene rings is 1. The van der Waals surface area contributed by atoms with Crippen molar-refractivity contribution in [1.29, 1.82) is 5.26 Å². The third-order valence-corrected chi connectivity index (χ3v) is 5.72. The Labute approximate surface area is 176 Å². The van der Waals surface area contributed by atoms with Gasteiger partial charge in [0.25, 0.3) is 0 Å². The summed E-state index contributed by atoms with van der Waals surface area (Å²) in [6.45, 7) is 0. The molecule has 0 bridgehead atoms. The number of nitrogens with one attached hydrogen (secondary N) is 1. The minimum absolute atomic E-state index is 0.0367. The van der Waals surface area contributed by atoms with E-state index < -0.39 is 5.92 Å². The molecule has 0 saturated carbocycles. The highest BCUT2D eigenvalue weighted by Crippen LogP contribution is 2.48. The van der Waals surface area contributed by atoms with E-state index in [0.717, 1.165) is 0 Å². The van der Waals surface area contributed by atoms with Gasteiger partial charge in [0.05, 0.1) is 24.1 Å². The predicted molar refractivity (Wildman–Crippen MR) is 107 cm³/mol. The summed E-state index contributed by atoms with van der Waals surface area (Å²) < 4.78 is 24.6. The van der Waals surface area contributed by atoms with Gasteiger partial charge in [-0.1, -0.05) is 0 Å². The second-order valence-electron chi connectivity index (χ2n) is 7.51. The van der Waals surface area contributed by atoms with Crippen LogP contribution in [0.25, 0.3) is 11.3 Å². The van der Waals surface area contributed by atoms with Crippen molar-refractivity contribution in [2.24, 2.45) is 5.73 Å². The number of aromatic amines is 1. The van der Waals surface area contributed by atoms with Gasteiger partial charge in [-0.25, -0.2) is 4.39 Å². The number of hydrogen-bond acceptors (Lipinski definition) is 6. The number of rotatable bonds is 3. The van der Waals surface area contributed by atoms with Crippen LogP contribution in [0.2, 0.25) is 0 Å². The highest BCUT2D eigenvalue weighted by molar-refractivity contribution is 6.00. The maximum absolute atomic E-state index is 13.4. The van der Waals surface area contributed by atoms with E-state index in [1.807, 2.05) is 6.07 Å². The van der Waals surface area contributed by atoms with Crippen LogP contribution in [0, 0.1) is 17.1 Å². The number of nitriles is 1. The van der Waals surface area contributed by atoms with E-state index >= 15 is 0 Å². The molecule has 1 aliphatic heterocycles. The zero-order valence-corrected chi connectivity index (χ0v) is 16.3. The highest BCUT2D eigenvalue weighted by atomic mass is 19.1. The molecule has 1 aromatic carbocycles. The molecule has 0 amide bonds. The summed E-state index contributed by atoms with van der Waals surface area (Å²) in [7, 11) is 0. The molecule has 2 atom stereocenters. The number of aromatic nitrogens is 2. The van der Waals surface area contributed by atoms with Crippen LogP contribution in [0.4, 0.5) is 4.39 Å².